The number of methoxy groups -OCH3 is 1. The van der Waals surface area contributed by atoms with E-state index in [1.165, 1.54) is 11.0 Å². The van der Waals surface area contributed by atoms with E-state index in [9.17, 15) is 27.6 Å². The molecular weight excluding hydrogens is 843 g/mol. The first-order valence-electron chi connectivity index (χ1n) is 22.5. The molecule has 5 aliphatic rings. The number of alkyl carbamates (subject to hydrolysis) is 1. The van der Waals surface area contributed by atoms with E-state index in [2.05, 4.69) is 26.9 Å². The second-order valence-electron chi connectivity index (χ2n) is 19.4. The summed E-state index contributed by atoms with van der Waals surface area (Å²) in [5.74, 6) is -0.978. The molecule has 346 valence electrons. The van der Waals surface area contributed by atoms with Gasteiger partial charge in [0.25, 0.3) is 5.91 Å². The molecular formula is C46H61N7O10S. The van der Waals surface area contributed by atoms with Crippen molar-refractivity contribution in [3.05, 3.63) is 55.1 Å². The van der Waals surface area contributed by atoms with Gasteiger partial charge in [0.1, 0.15) is 46.8 Å². The average molecular weight is 904 g/mol. The lowest BCUT2D eigenvalue weighted by Crippen LogP contribution is -2.60. The molecule has 0 unspecified atom stereocenters. The lowest BCUT2D eigenvalue weighted by molar-refractivity contribution is -0.142. The first-order chi connectivity index (χ1) is 30.5. The molecule has 4 amide bonds. The van der Waals surface area contributed by atoms with Crippen molar-refractivity contribution >= 4 is 44.7 Å². The first kappa shape index (κ1) is 45.2. The van der Waals surface area contributed by atoms with Crippen molar-refractivity contribution in [1.29, 1.82) is 0 Å². The Kier molecular flexibility index (Phi) is 12.4. The van der Waals surface area contributed by atoms with Gasteiger partial charge in [-0.3, -0.25) is 19.1 Å². The van der Waals surface area contributed by atoms with Crippen LogP contribution in [0, 0.1) is 17.3 Å². The minimum absolute atomic E-state index is 0.0123. The summed E-state index contributed by atoms with van der Waals surface area (Å²) in [6, 6.07) is 3.34. The Morgan fingerprint density at radius 1 is 1.12 bits per heavy atom. The maximum absolute atomic E-state index is 14.9. The smallest absolute Gasteiger partial charge is 0.408 e. The molecule has 1 aromatic carbocycles. The number of ether oxygens (including phenoxy) is 4. The summed E-state index contributed by atoms with van der Waals surface area (Å²) in [7, 11) is -2.46. The maximum Gasteiger partial charge on any atom is 0.408 e. The molecule has 2 bridgehead atoms. The van der Waals surface area contributed by atoms with Gasteiger partial charge in [0.05, 0.1) is 36.9 Å². The number of nitrogens with zero attached hydrogens (tertiary/aromatic N) is 4. The number of benzene rings is 1. The highest BCUT2D eigenvalue weighted by Crippen LogP contribution is 2.48. The van der Waals surface area contributed by atoms with Crippen LogP contribution in [0.4, 0.5) is 4.79 Å². The summed E-state index contributed by atoms with van der Waals surface area (Å²) in [5, 5.41) is 6.44. The largest absolute Gasteiger partial charge is 0.494 e. The van der Waals surface area contributed by atoms with Crippen LogP contribution in [0.5, 0.6) is 17.4 Å². The Bertz CT molecular complexity index is 2400. The summed E-state index contributed by atoms with van der Waals surface area (Å²) < 4.78 is 54.7. The number of hydrogen-bond acceptors (Lipinski definition) is 12. The number of hydrogen-bond donors (Lipinski definition) is 3. The van der Waals surface area contributed by atoms with Crippen LogP contribution in [0.15, 0.2) is 49.6 Å². The number of sulfonamides is 1. The van der Waals surface area contributed by atoms with Crippen molar-refractivity contribution < 1.29 is 46.5 Å². The predicted molar refractivity (Wildman–Crippen MR) is 236 cm³/mol. The van der Waals surface area contributed by atoms with Gasteiger partial charge in [-0.15, -0.1) is 6.58 Å². The number of para-hydroxylation sites is 1. The third-order valence-electron chi connectivity index (χ3n) is 13.6. The second kappa shape index (κ2) is 17.5. The lowest BCUT2D eigenvalue weighted by atomic mass is 9.85. The van der Waals surface area contributed by atoms with Crippen LogP contribution in [0.25, 0.3) is 10.9 Å². The molecule has 17 nitrogen and oxygen atoms in total. The molecule has 4 heterocycles. The van der Waals surface area contributed by atoms with E-state index in [1.54, 1.807) is 26.6 Å². The number of carbonyl (C=O) groups is 4. The summed E-state index contributed by atoms with van der Waals surface area (Å²) in [6.45, 7) is 11.9. The van der Waals surface area contributed by atoms with Crippen LogP contribution in [0.3, 0.4) is 0 Å². The van der Waals surface area contributed by atoms with Gasteiger partial charge in [0, 0.05) is 36.7 Å². The summed E-state index contributed by atoms with van der Waals surface area (Å²) >= 11 is 0. The minimum Gasteiger partial charge on any atom is -0.494 e. The molecule has 8 rings (SSSR count). The summed E-state index contributed by atoms with van der Waals surface area (Å²) in [5.41, 5.74) is -1.14. The van der Waals surface area contributed by atoms with Crippen LogP contribution < -0.4 is 29.6 Å². The van der Waals surface area contributed by atoms with E-state index >= 15 is 0 Å². The van der Waals surface area contributed by atoms with Gasteiger partial charge in [-0.25, -0.2) is 23.2 Å². The van der Waals surface area contributed by atoms with Crippen LogP contribution >= 0.6 is 0 Å². The van der Waals surface area contributed by atoms with E-state index in [-0.39, 0.29) is 31.4 Å². The van der Waals surface area contributed by atoms with Crippen molar-refractivity contribution in [2.45, 2.75) is 139 Å². The van der Waals surface area contributed by atoms with Gasteiger partial charge >= 0.3 is 6.09 Å². The molecule has 3 N–H and O–H groups in total. The predicted octanol–water partition coefficient (Wildman–Crippen LogP) is 4.96. The first-order valence-corrected chi connectivity index (χ1v) is 24.0. The van der Waals surface area contributed by atoms with Crippen LogP contribution in [-0.4, -0.2) is 107 Å². The standard InChI is InChI=1S/C46H61N7O10S/c1-7-29-25-46(29,42(56)51-64(58,59)45(5)17-18-45)50-39(54)33-24-30-26-53(33)41(55)38(44(2,3)4)49-43(57)63-35-23-28(35)13-9-8-10-14-32-37(61-22-12-20-52-21-19-47-27-52)31-15-11-16-34(60-6)36(31)48-40(32)62-30/h7,11,15-16,19,21,27-30,33,35,38H,1,8-10,12-14,17-18,20,22-26H2,2-6H3,(H,49,57)(H,50,54)(H,51,56)/t28-,29-,30-,33+,35-,38-,46-/m1/s1. The quantitative estimate of drug-likeness (QED) is 0.163. The number of fused-ring (bicyclic) bond motifs is 5. The fraction of sp³-hybridized carbons (Fsp3) is 0.609. The van der Waals surface area contributed by atoms with Crippen LogP contribution in [-0.2, 0) is 42.1 Å². The SMILES string of the molecule is C=C[C@@H]1C[C@]1(NC(=O)[C@@H]1C[C@@H]2CN1C(=O)[C@H](C(C)(C)C)NC(=O)O[C@@H]1C[C@H]1CCCCCc1c(nc3c(OC)cccc3c1OCCCn1ccnc1)O2)C(=O)NS(=O)(=O)C1(C)CC1. The highest BCUT2D eigenvalue weighted by molar-refractivity contribution is 7.91. The lowest BCUT2D eigenvalue weighted by Gasteiger charge is -2.35. The number of aryl methyl sites for hydroxylation is 1. The summed E-state index contributed by atoms with van der Waals surface area (Å²) in [4.78, 5) is 67.5. The number of amides is 4. The summed E-state index contributed by atoms with van der Waals surface area (Å²) in [6.07, 6.45) is 11.6. The molecule has 2 aliphatic heterocycles. The third kappa shape index (κ3) is 9.24. The van der Waals surface area contributed by atoms with Crippen molar-refractivity contribution in [2.24, 2.45) is 17.3 Å². The molecule has 64 heavy (non-hydrogen) atoms. The average Bonchev–Trinajstić information content (AvgIpc) is 4.20. The van der Waals surface area contributed by atoms with E-state index in [0.29, 0.717) is 61.7 Å². The van der Waals surface area contributed by atoms with E-state index in [0.717, 1.165) is 43.1 Å². The van der Waals surface area contributed by atoms with Crippen molar-refractivity contribution in [3.63, 3.8) is 0 Å². The van der Waals surface area contributed by atoms with Gasteiger partial charge in [-0.1, -0.05) is 45.8 Å². The molecule has 3 aliphatic carbocycles. The zero-order chi connectivity index (χ0) is 45.6. The number of imidazole rings is 1. The Morgan fingerprint density at radius 3 is 2.61 bits per heavy atom. The van der Waals surface area contributed by atoms with Crippen LogP contribution in [0.2, 0.25) is 0 Å². The molecule has 0 radical (unpaired) electrons. The number of rotatable bonds is 12. The number of carbonyl (C=O) groups excluding carboxylic acids is 4. The maximum atomic E-state index is 14.9. The van der Waals surface area contributed by atoms with Crippen molar-refractivity contribution in [1.82, 2.24) is 34.8 Å². The van der Waals surface area contributed by atoms with Crippen molar-refractivity contribution in [2.75, 3.05) is 20.3 Å². The third-order valence-corrected chi connectivity index (χ3v) is 15.7. The minimum atomic E-state index is -4.03. The van der Waals surface area contributed by atoms with Crippen molar-refractivity contribution in [3.8, 4) is 17.4 Å². The highest BCUT2D eigenvalue weighted by Gasteiger charge is 2.63. The zero-order valence-corrected chi connectivity index (χ0v) is 38.2. The molecule has 3 aromatic rings. The molecule has 1 saturated heterocycles. The Morgan fingerprint density at radius 2 is 1.92 bits per heavy atom. The molecule has 4 fully saturated rings. The van der Waals surface area contributed by atoms with Gasteiger partial charge in [0.2, 0.25) is 27.7 Å². The Hall–Kier alpha value is -5.39. The van der Waals surface area contributed by atoms with E-state index < -0.39 is 73.6 Å². The monoisotopic (exact) mass is 903 g/mol. The van der Waals surface area contributed by atoms with Gasteiger partial charge in [-0.2, -0.15) is 0 Å². The van der Waals surface area contributed by atoms with E-state index in [1.807, 2.05) is 49.7 Å². The highest BCUT2D eigenvalue weighted by atomic mass is 32.2. The Labute approximate surface area is 374 Å². The van der Waals surface area contributed by atoms with Crippen LogP contribution in [0.1, 0.15) is 97.5 Å². The molecule has 0 spiro atoms. The second-order valence-corrected chi connectivity index (χ2v) is 21.6. The number of pyridine rings is 1. The molecule has 2 aromatic heterocycles. The van der Waals surface area contributed by atoms with Gasteiger partial charge in [0.15, 0.2) is 0 Å². The molecule has 7 atom stereocenters. The molecule has 18 heteroatoms. The van der Waals surface area contributed by atoms with Gasteiger partial charge < -0.3 is 39.0 Å². The molecule has 3 saturated carbocycles. The Balaban J connectivity index is 1.15. The zero-order valence-electron chi connectivity index (χ0n) is 37.4. The van der Waals surface area contributed by atoms with Gasteiger partial charge in [-0.05, 0) is 81.8 Å². The number of aromatic nitrogens is 3. The topological polar surface area (TPSA) is 209 Å². The fourth-order valence-electron chi connectivity index (χ4n) is 9.05. The normalized spacial score (nSPS) is 27.9. The number of nitrogens with one attached hydrogen (secondary N) is 3. The van der Waals surface area contributed by atoms with E-state index in [4.69, 9.17) is 23.9 Å². The fourth-order valence-corrected chi connectivity index (χ4v) is 10.4.